The largest absolute Gasteiger partial charge is 0.294 e. The van der Waals surface area contributed by atoms with E-state index in [1.54, 1.807) is 19.1 Å². The van der Waals surface area contributed by atoms with Crippen LogP contribution in [0.15, 0.2) is 38.3 Å². The van der Waals surface area contributed by atoms with Gasteiger partial charge in [0.2, 0.25) is 0 Å². The van der Waals surface area contributed by atoms with E-state index >= 15 is 0 Å². The van der Waals surface area contributed by atoms with E-state index in [-0.39, 0.29) is 17.9 Å². The van der Waals surface area contributed by atoms with Gasteiger partial charge in [0.1, 0.15) is 10.3 Å². The highest BCUT2D eigenvalue weighted by Gasteiger charge is 2.09. The van der Waals surface area contributed by atoms with Gasteiger partial charge in [-0.1, -0.05) is 12.1 Å². The second kappa shape index (κ2) is 5.32. The van der Waals surface area contributed by atoms with Crippen molar-refractivity contribution in [3.05, 3.63) is 60.9 Å². The minimum Gasteiger partial charge on any atom is -0.294 e. The molecule has 0 saturated heterocycles. The third-order valence-corrected chi connectivity index (χ3v) is 4.33. The molecule has 0 amide bonds. The SMILES string of the molecule is Cc1ncn(Cc2cccc(F)c2Br)c(=O)c1Br. The first-order valence-corrected chi connectivity index (χ1v) is 6.73. The number of rotatable bonds is 2. The molecular formula is C12H9Br2FN2O. The minimum atomic E-state index is -0.348. The summed E-state index contributed by atoms with van der Waals surface area (Å²) in [6.07, 6.45) is 1.46. The topological polar surface area (TPSA) is 34.9 Å². The van der Waals surface area contributed by atoms with Crippen LogP contribution in [0.1, 0.15) is 11.3 Å². The van der Waals surface area contributed by atoms with Crippen molar-refractivity contribution in [3.8, 4) is 0 Å². The minimum absolute atomic E-state index is 0.182. The van der Waals surface area contributed by atoms with Gasteiger partial charge >= 0.3 is 0 Å². The fourth-order valence-corrected chi connectivity index (χ4v) is 2.23. The Morgan fingerprint density at radius 3 is 2.78 bits per heavy atom. The maximum Gasteiger partial charge on any atom is 0.268 e. The van der Waals surface area contributed by atoms with Gasteiger partial charge in [-0.25, -0.2) is 9.37 Å². The molecular weight excluding hydrogens is 367 g/mol. The first-order chi connectivity index (χ1) is 8.50. The third-order valence-electron chi connectivity index (χ3n) is 2.53. The van der Waals surface area contributed by atoms with Gasteiger partial charge in [-0.2, -0.15) is 0 Å². The molecule has 94 valence electrons. The van der Waals surface area contributed by atoms with Crippen molar-refractivity contribution in [1.29, 1.82) is 0 Å². The van der Waals surface area contributed by atoms with Gasteiger partial charge in [0, 0.05) is 0 Å². The monoisotopic (exact) mass is 374 g/mol. The quantitative estimate of drug-likeness (QED) is 0.807. The molecule has 0 bridgehead atoms. The van der Waals surface area contributed by atoms with Gasteiger partial charge in [-0.3, -0.25) is 9.36 Å². The Morgan fingerprint density at radius 1 is 1.33 bits per heavy atom. The summed E-state index contributed by atoms with van der Waals surface area (Å²) in [4.78, 5) is 16.1. The predicted octanol–water partition coefficient (Wildman–Crippen LogP) is 3.26. The van der Waals surface area contributed by atoms with Gasteiger partial charge < -0.3 is 0 Å². The van der Waals surface area contributed by atoms with Crippen LogP contribution in [0, 0.1) is 12.7 Å². The fraction of sp³-hybridized carbons (Fsp3) is 0.167. The van der Waals surface area contributed by atoms with E-state index in [4.69, 9.17) is 0 Å². The Hall–Kier alpha value is -1.01. The molecule has 3 nitrogen and oxygen atoms in total. The van der Waals surface area contributed by atoms with E-state index in [0.29, 0.717) is 20.2 Å². The van der Waals surface area contributed by atoms with E-state index in [9.17, 15) is 9.18 Å². The van der Waals surface area contributed by atoms with Crippen LogP contribution in [-0.4, -0.2) is 9.55 Å². The maximum absolute atomic E-state index is 13.4. The molecule has 1 aromatic heterocycles. The van der Waals surface area contributed by atoms with Crippen molar-refractivity contribution in [2.45, 2.75) is 13.5 Å². The lowest BCUT2D eigenvalue weighted by atomic mass is 10.2. The molecule has 0 atom stereocenters. The average Bonchev–Trinajstić information content (AvgIpc) is 2.35. The van der Waals surface area contributed by atoms with E-state index in [0.717, 1.165) is 0 Å². The van der Waals surface area contributed by atoms with E-state index in [1.165, 1.54) is 17.0 Å². The molecule has 0 aliphatic carbocycles. The van der Waals surface area contributed by atoms with Crippen molar-refractivity contribution in [1.82, 2.24) is 9.55 Å². The highest BCUT2D eigenvalue weighted by atomic mass is 79.9. The van der Waals surface area contributed by atoms with E-state index in [2.05, 4.69) is 36.8 Å². The zero-order valence-corrected chi connectivity index (χ0v) is 12.6. The highest BCUT2D eigenvalue weighted by Crippen LogP contribution is 2.21. The molecule has 0 saturated carbocycles. The summed E-state index contributed by atoms with van der Waals surface area (Å²) in [5.41, 5.74) is 1.14. The summed E-state index contributed by atoms with van der Waals surface area (Å²) in [6, 6.07) is 4.73. The molecule has 18 heavy (non-hydrogen) atoms. The predicted molar refractivity (Wildman–Crippen MR) is 74.1 cm³/mol. The second-order valence-corrected chi connectivity index (χ2v) is 5.38. The third kappa shape index (κ3) is 2.54. The summed E-state index contributed by atoms with van der Waals surface area (Å²) in [6.45, 7) is 2.01. The van der Waals surface area contributed by atoms with Crippen LogP contribution in [-0.2, 0) is 6.54 Å². The van der Waals surface area contributed by atoms with E-state index in [1.807, 2.05) is 0 Å². The normalized spacial score (nSPS) is 10.7. The van der Waals surface area contributed by atoms with Gasteiger partial charge in [-0.15, -0.1) is 0 Å². The van der Waals surface area contributed by atoms with Gasteiger partial charge in [0.05, 0.1) is 23.0 Å². The summed E-state index contributed by atoms with van der Waals surface area (Å²) in [7, 11) is 0. The lowest BCUT2D eigenvalue weighted by Crippen LogP contribution is -2.22. The molecule has 0 unspecified atom stereocenters. The van der Waals surface area contributed by atoms with Crippen LogP contribution in [0.5, 0.6) is 0 Å². The van der Waals surface area contributed by atoms with Crippen molar-refractivity contribution >= 4 is 31.9 Å². The summed E-state index contributed by atoms with van der Waals surface area (Å²) >= 11 is 6.37. The van der Waals surface area contributed by atoms with Crippen molar-refractivity contribution in [2.75, 3.05) is 0 Å². The first kappa shape index (κ1) is 13.4. The molecule has 2 rings (SSSR count). The molecule has 0 aliphatic rings. The van der Waals surface area contributed by atoms with Crippen molar-refractivity contribution in [3.63, 3.8) is 0 Å². The molecule has 2 aromatic rings. The number of benzene rings is 1. The molecule has 0 radical (unpaired) electrons. The zero-order valence-electron chi connectivity index (χ0n) is 9.45. The molecule has 0 aliphatic heterocycles. The molecule has 0 N–H and O–H groups in total. The Kier molecular flexibility index (Phi) is 3.97. The zero-order chi connectivity index (χ0) is 13.3. The lowest BCUT2D eigenvalue weighted by Gasteiger charge is -2.09. The molecule has 0 spiro atoms. The Labute approximate surface area is 120 Å². The van der Waals surface area contributed by atoms with Gasteiger partial charge in [-0.05, 0) is 50.4 Å². The van der Waals surface area contributed by atoms with Crippen LogP contribution in [0.2, 0.25) is 0 Å². The van der Waals surface area contributed by atoms with Crippen LogP contribution in [0.4, 0.5) is 4.39 Å². The van der Waals surface area contributed by atoms with Gasteiger partial charge in [0.25, 0.3) is 5.56 Å². The Balaban J connectivity index is 2.44. The number of hydrogen-bond acceptors (Lipinski definition) is 2. The number of halogens is 3. The summed E-state index contributed by atoms with van der Waals surface area (Å²) in [5, 5.41) is 0. The van der Waals surface area contributed by atoms with Crippen LogP contribution in [0.3, 0.4) is 0 Å². The van der Waals surface area contributed by atoms with Crippen LogP contribution >= 0.6 is 31.9 Å². The number of aryl methyl sites for hydroxylation is 1. The maximum atomic E-state index is 13.4. The first-order valence-electron chi connectivity index (χ1n) is 5.15. The number of nitrogens with zero attached hydrogens (tertiary/aromatic N) is 2. The molecule has 1 heterocycles. The Bertz CT molecular complexity index is 655. The molecule has 6 heteroatoms. The summed E-state index contributed by atoms with van der Waals surface area (Å²) < 4.78 is 15.6. The van der Waals surface area contributed by atoms with Crippen molar-refractivity contribution in [2.24, 2.45) is 0 Å². The smallest absolute Gasteiger partial charge is 0.268 e. The molecule has 1 aromatic carbocycles. The standard InChI is InChI=1S/C12H9Br2FN2O/c1-7-10(13)12(18)17(6-16-7)5-8-3-2-4-9(15)11(8)14/h2-4,6H,5H2,1H3. The van der Waals surface area contributed by atoms with E-state index < -0.39 is 0 Å². The second-order valence-electron chi connectivity index (χ2n) is 3.79. The fourth-order valence-electron chi connectivity index (χ4n) is 1.51. The molecule has 0 fully saturated rings. The number of aromatic nitrogens is 2. The van der Waals surface area contributed by atoms with Crippen molar-refractivity contribution < 1.29 is 4.39 Å². The average molecular weight is 376 g/mol. The van der Waals surface area contributed by atoms with Crippen LogP contribution in [0.25, 0.3) is 0 Å². The lowest BCUT2D eigenvalue weighted by molar-refractivity contribution is 0.614. The number of hydrogen-bond donors (Lipinski definition) is 0. The van der Waals surface area contributed by atoms with Crippen LogP contribution < -0.4 is 5.56 Å². The van der Waals surface area contributed by atoms with Gasteiger partial charge in [0.15, 0.2) is 0 Å². The summed E-state index contributed by atoms with van der Waals surface area (Å²) in [5.74, 6) is -0.348. The Morgan fingerprint density at radius 2 is 2.06 bits per heavy atom. The highest BCUT2D eigenvalue weighted by molar-refractivity contribution is 9.10.